The molecule has 2 aromatic rings. The minimum absolute atomic E-state index is 0.0291. The van der Waals surface area contributed by atoms with Crippen LogP contribution in [0, 0.1) is 16.7 Å². The lowest BCUT2D eigenvalue weighted by atomic mass is 9.84. The van der Waals surface area contributed by atoms with Crippen LogP contribution in [-0.2, 0) is 32.9 Å². The lowest BCUT2D eigenvalue weighted by molar-refractivity contribution is -0.133. The van der Waals surface area contributed by atoms with Gasteiger partial charge < -0.3 is 35.4 Å². The molecule has 1 aromatic carbocycles. The van der Waals surface area contributed by atoms with E-state index >= 15 is 0 Å². The summed E-state index contributed by atoms with van der Waals surface area (Å²) >= 11 is 0. The second kappa shape index (κ2) is 19.1. The van der Waals surface area contributed by atoms with Gasteiger partial charge in [-0.1, -0.05) is 91.8 Å². The zero-order chi connectivity index (χ0) is 41.3. The van der Waals surface area contributed by atoms with Crippen molar-refractivity contribution >= 4 is 23.9 Å². The van der Waals surface area contributed by atoms with Gasteiger partial charge in [-0.25, -0.2) is 14.6 Å². The van der Waals surface area contributed by atoms with Crippen LogP contribution in [0.25, 0.3) is 0 Å². The summed E-state index contributed by atoms with van der Waals surface area (Å²) in [5.74, 6) is -0.587. The monoisotopic (exact) mass is 767 g/mol. The summed E-state index contributed by atoms with van der Waals surface area (Å²) in [4.78, 5) is 62.0. The molecule has 0 aliphatic carbocycles. The number of hydrogen-bond donors (Lipinski definition) is 5. The number of benzene rings is 1. The van der Waals surface area contributed by atoms with Crippen molar-refractivity contribution in [2.24, 2.45) is 16.7 Å². The van der Waals surface area contributed by atoms with E-state index in [2.05, 4.69) is 34.9 Å². The molecule has 14 nitrogen and oxygen atoms in total. The Morgan fingerprint density at radius 2 is 1.56 bits per heavy atom. The molecule has 55 heavy (non-hydrogen) atoms. The fourth-order valence-corrected chi connectivity index (χ4v) is 6.54. The number of urea groups is 1. The molecule has 5 N–H and O–H groups in total. The van der Waals surface area contributed by atoms with Crippen molar-refractivity contribution in [3.8, 4) is 0 Å². The van der Waals surface area contributed by atoms with Gasteiger partial charge in [0.1, 0.15) is 17.7 Å². The number of hydrazine groups is 1. The van der Waals surface area contributed by atoms with E-state index in [0.717, 1.165) is 5.56 Å². The number of aliphatic hydroxyl groups excluding tert-OH is 1. The van der Waals surface area contributed by atoms with Crippen LogP contribution in [0.15, 0.2) is 48.5 Å². The maximum atomic E-state index is 14.4. The van der Waals surface area contributed by atoms with Crippen molar-refractivity contribution < 1.29 is 34.1 Å². The lowest BCUT2D eigenvalue weighted by Crippen LogP contribution is -2.61. The minimum Gasteiger partial charge on any atom is -0.453 e. The summed E-state index contributed by atoms with van der Waals surface area (Å²) in [6.07, 6.45) is -0.906. The molecule has 5 amide bonds. The Balaban J connectivity index is 1.88. The first-order valence-electron chi connectivity index (χ1n) is 19.2. The zero-order valence-electron chi connectivity index (χ0n) is 34.7. The first-order chi connectivity index (χ1) is 25.5. The summed E-state index contributed by atoms with van der Waals surface area (Å²) in [5, 5.41) is 29.8. The number of amides is 5. The minimum atomic E-state index is -1.15. The van der Waals surface area contributed by atoms with E-state index in [1.54, 1.807) is 46.9 Å². The number of carbonyl (C=O) groups excluding carboxylic acids is 4. The summed E-state index contributed by atoms with van der Waals surface area (Å²) in [6.45, 7) is 19.9. The van der Waals surface area contributed by atoms with Crippen molar-refractivity contribution in [1.29, 1.82) is 0 Å². The van der Waals surface area contributed by atoms with E-state index in [0.29, 0.717) is 37.4 Å². The van der Waals surface area contributed by atoms with Crippen LogP contribution in [0.4, 0.5) is 9.59 Å². The van der Waals surface area contributed by atoms with Gasteiger partial charge in [0.25, 0.3) is 5.91 Å². The highest BCUT2D eigenvalue weighted by Gasteiger charge is 2.44. The molecule has 0 spiro atoms. The number of alkyl carbamates (subject to hydrolysis) is 1. The maximum absolute atomic E-state index is 14.4. The van der Waals surface area contributed by atoms with Crippen LogP contribution in [-0.4, -0.2) is 111 Å². The topological polar surface area (TPSA) is 177 Å². The SMILES string of the molecule is COC(=O)NC(C(=O)NN(CCC(C)C)CC(O)C(Cc1ccccc1)NC(=O)C(N1CCN(Cc2cccc(C(C)(C)O)n2)C1=O)C(C)(C)C)C(C)(C)C. The number of pyridine rings is 1. The van der Waals surface area contributed by atoms with Crippen LogP contribution in [0.3, 0.4) is 0 Å². The van der Waals surface area contributed by atoms with Gasteiger partial charge in [0.05, 0.1) is 37.2 Å². The number of ether oxygens (including phenoxy) is 1. The molecule has 2 heterocycles. The smallest absolute Gasteiger partial charge is 0.407 e. The molecule has 0 radical (unpaired) electrons. The normalized spacial score (nSPS) is 16.2. The first kappa shape index (κ1) is 45.1. The Labute approximate surface area is 327 Å². The van der Waals surface area contributed by atoms with Crippen molar-refractivity contribution in [1.82, 2.24) is 35.9 Å². The van der Waals surface area contributed by atoms with Gasteiger partial charge >= 0.3 is 12.1 Å². The predicted molar refractivity (Wildman–Crippen MR) is 211 cm³/mol. The molecule has 4 unspecified atom stereocenters. The van der Waals surface area contributed by atoms with Crippen molar-refractivity contribution in [3.63, 3.8) is 0 Å². The van der Waals surface area contributed by atoms with Gasteiger partial charge in [-0.2, -0.15) is 0 Å². The fraction of sp³-hybridized carbons (Fsp3) is 0.634. The highest BCUT2D eigenvalue weighted by molar-refractivity contribution is 5.89. The molecule has 1 aromatic heterocycles. The molecule has 0 bridgehead atoms. The molecule has 4 atom stereocenters. The number of nitrogens with one attached hydrogen (secondary N) is 3. The predicted octanol–water partition coefficient (Wildman–Crippen LogP) is 4.20. The van der Waals surface area contributed by atoms with Crippen molar-refractivity contribution in [3.05, 3.63) is 65.5 Å². The van der Waals surface area contributed by atoms with Gasteiger partial charge in [0.2, 0.25) is 5.91 Å². The average Bonchev–Trinajstić information content (AvgIpc) is 3.42. The Bertz CT molecular complexity index is 1580. The summed E-state index contributed by atoms with van der Waals surface area (Å²) in [6, 6.07) is 11.9. The Hall–Kier alpha value is -4.27. The number of carbonyl (C=O) groups is 4. The number of methoxy groups -OCH3 is 1. The Morgan fingerprint density at radius 1 is 0.909 bits per heavy atom. The van der Waals surface area contributed by atoms with Crippen molar-refractivity contribution in [2.75, 3.05) is 33.3 Å². The fourth-order valence-electron chi connectivity index (χ4n) is 6.54. The lowest BCUT2D eigenvalue weighted by Gasteiger charge is -2.38. The van der Waals surface area contributed by atoms with E-state index in [4.69, 9.17) is 4.74 Å². The van der Waals surface area contributed by atoms with Crippen LogP contribution in [0.2, 0.25) is 0 Å². The maximum Gasteiger partial charge on any atom is 0.407 e. The van der Waals surface area contributed by atoms with E-state index < -0.39 is 58.6 Å². The van der Waals surface area contributed by atoms with Gasteiger partial charge in [0.15, 0.2) is 0 Å². The number of rotatable bonds is 17. The van der Waals surface area contributed by atoms with Crippen molar-refractivity contribution in [2.45, 2.75) is 118 Å². The van der Waals surface area contributed by atoms with E-state index in [1.807, 2.05) is 71.9 Å². The highest BCUT2D eigenvalue weighted by atomic mass is 16.5. The second-order valence-electron chi connectivity index (χ2n) is 17.7. The first-order valence-corrected chi connectivity index (χ1v) is 19.2. The summed E-state index contributed by atoms with van der Waals surface area (Å²) in [5.41, 5.74) is 2.45. The Morgan fingerprint density at radius 3 is 2.13 bits per heavy atom. The third-order valence-corrected chi connectivity index (χ3v) is 9.61. The quantitative estimate of drug-likeness (QED) is 0.148. The van der Waals surface area contributed by atoms with E-state index in [9.17, 15) is 29.4 Å². The summed E-state index contributed by atoms with van der Waals surface area (Å²) in [7, 11) is 1.23. The second-order valence-corrected chi connectivity index (χ2v) is 17.7. The molecule has 0 saturated carbocycles. The third kappa shape index (κ3) is 13.5. The van der Waals surface area contributed by atoms with Gasteiger partial charge in [0, 0.05) is 26.2 Å². The molecular formula is C41H65N7O7. The van der Waals surface area contributed by atoms with Crippen LogP contribution < -0.4 is 16.1 Å². The van der Waals surface area contributed by atoms with E-state index in [1.165, 1.54) is 7.11 Å². The number of hydrogen-bond acceptors (Lipinski definition) is 9. The summed E-state index contributed by atoms with van der Waals surface area (Å²) < 4.78 is 4.77. The average molecular weight is 768 g/mol. The molecule has 3 rings (SSSR count). The van der Waals surface area contributed by atoms with Gasteiger partial charge in [-0.3, -0.25) is 20.0 Å². The number of nitrogens with zero attached hydrogens (tertiary/aromatic N) is 4. The number of aliphatic hydroxyl groups is 2. The molecule has 306 valence electrons. The molecular weight excluding hydrogens is 702 g/mol. The zero-order valence-corrected chi connectivity index (χ0v) is 34.7. The standard InChI is InChI=1S/C41H65N7O7/c1-27(2)20-21-47(45-35(50)33(39(3,4)5)44-37(52)55-11)26-31(49)30(24-28-16-13-12-14-17-28)43-36(51)34(40(6,7)8)48-23-22-46(38(48)53)25-29-18-15-19-32(42-29)41(9,10)54/h12-19,27,30-31,33-34,49,54H,20-26H2,1-11H3,(H,43,51)(H,44,52)(H,45,50). The molecule has 1 fully saturated rings. The molecule has 1 saturated heterocycles. The largest absolute Gasteiger partial charge is 0.453 e. The number of aromatic nitrogens is 1. The van der Waals surface area contributed by atoms with Crippen LogP contribution >= 0.6 is 0 Å². The van der Waals surface area contributed by atoms with Gasteiger partial charge in [-0.05, 0) is 61.1 Å². The molecule has 14 heteroatoms. The van der Waals surface area contributed by atoms with Gasteiger partial charge in [-0.15, -0.1) is 0 Å². The Kier molecular flexibility index (Phi) is 15.6. The van der Waals surface area contributed by atoms with Crippen LogP contribution in [0.5, 0.6) is 0 Å². The highest BCUT2D eigenvalue weighted by Crippen LogP contribution is 2.29. The molecule has 1 aliphatic rings. The van der Waals surface area contributed by atoms with Crippen LogP contribution in [0.1, 0.15) is 92.6 Å². The van der Waals surface area contributed by atoms with E-state index in [-0.39, 0.29) is 31.5 Å². The molecule has 1 aliphatic heterocycles. The third-order valence-electron chi connectivity index (χ3n) is 9.61.